The maximum absolute atomic E-state index is 9.29. The van der Waals surface area contributed by atoms with Gasteiger partial charge in [-0.05, 0) is 42.4 Å². The average molecular weight is 343 g/mol. The summed E-state index contributed by atoms with van der Waals surface area (Å²) in [4.78, 5) is 4.22. The number of nitriles is 1. The van der Waals surface area contributed by atoms with E-state index in [9.17, 15) is 5.26 Å². The summed E-state index contributed by atoms with van der Waals surface area (Å²) in [6.45, 7) is 2.07. The Morgan fingerprint density at radius 1 is 1.08 bits per heavy atom. The van der Waals surface area contributed by atoms with Crippen molar-refractivity contribution in [3.05, 3.63) is 90.0 Å². The molecule has 1 heterocycles. The first-order valence-electron chi connectivity index (χ1n) is 9.32. The minimum atomic E-state index is -0.00188. The molecule has 0 aliphatic rings. The number of hydrogen-bond donors (Lipinski definition) is 0. The van der Waals surface area contributed by atoms with E-state index in [0.717, 1.165) is 31.2 Å². The van der Waals surface area contributed by atoms with E-state index >= 15 is 0 Å². The van der Waals surface area contributed by atoms with Gasteiger partial charge in [-0.3, -0.25) is 0 Å². The fourth-order valence-corrected chi connectivity index (χ4v) is 3.48. The molecular weight excluding hydrogens is 318 g/mol. The second-order valence-corrected chi connectivity index (χ2v) is 6.66. The Labute approximate surface area is 155 Å². The number of benzene rings is 2. The first kappa shape index (κ1) is 17.9. The molecule has 0 saturated heterocycles. The lowest BCUT2D eigenvalue weighted by molar-refractivity contribution is 0.519. The molecule has 0 saturated carbocycles. The standard InChI is InChI=1S/C23H25N3/c1-2-20(17-24)22-12-6-8-19(16-22)9-7-13-23(26-15-14-25-18-26)21-10-4-3-5-11-21/h3-6,8,10-12,14-16,18,20,23H,2,7,9,13H2,1H3. The van der Waals surface area contributed by atoms with Crippen molar-refractivity contribution in [1.82, 2.24) is 9.55 Å². The molecule has 2 atom stereocenters. The van der Waals surface area contributed by atoms with Crippen molar-refractivity contribution in [2.45, 2.75) is 44.6 Å². The summed E-state index contributed by atoms with van der Waals surface area (Å²) < 4.78 is 2.19. The van der Waals surface area contributed by atoms with Gasteiger partial charge in [0, 0.05) is 12.4 Å². The normalized spacial score (nSPS) is 13.1. The Bertz CT molecular complexity index is 831. The lowest BCUT2D eigenvalue weighted by atomic mass is 9.94. The summed E-state index contributed by atoms with van der Waals surface area (Å²) in [5.41, 5.74) is 3.77. The Morgan fingerprint density at radius 2 is 1.88 bits per heavy atom. The predicted octanol–water partition coefficient (Wildman–Crippen LogP) is 5.51. The fourth-order valence-electron chi connectivity index (χ4n) is 3.48. The second kappa shape index (κ2) is 9.01. The molecule has 26 heavy (non-hydrogen) atoms. The van der Waals surface area contributed by atoms with Crippen LogP contribution in [0.5, 0.6) is 0 Å². The van der Waals surface area contributed by atoms with Gasteiger partial charge >= 0.3 is 0 Å². The molecule has 0 fully saturated rings. The largest absolute Gasteiger partial charge is 0.330 e. The lowest BCUT2D eigenvalue weighted by Crippen LogP contribution is -2.09. The second-order valence-electron chi connectivity index (χ2n) is 6.66. The summed E-state index contributed by atoms with van der Waals surface area (Å²) >= 11 is 0. The van der Waals surface area contributed by atoms with E-state index in [1.54, 1.807) is 0 Å². The molecule has 0 amide bonds. The Kier molecular flexibility index (Phi) is 6.22. The van der Waals surface area contributed by atoms with Crippen LogP contribution in [0.4, 0.5) is 0 Å². The van der Waals surface area contributed by atoms with Gasteiger partial charge in [0.15, 0.2) is 0 Å². The molecule has 2 unspecified atom stereocenters. The van der Waals surface area contributed by atoms with E-state index < -0.39 is 0 Å². The van der Waals surface area contributed by atoms with Crippen LogP contribution in [-0.4, -0.2) is 9.55 Å². The number of hydrogen-bond acceptors (Lipinski definition) is 2. The van der Waals surface area contributed by atoms with Crippen LogP contribution in [0.3, 0.4) is 0 Å². The van der Waals surface area contributed by atoms with Crippen LogP contribution >= 0.6 is 0 Å². The van der Waals surface area contributed by atoms with Crippen molar-refractivity contribution in [3.63, 3.8) is 0 Å². The first-order chi connectivity index (χ1) is 12.8. The molecule has 0 aliphatic carbocycles. The number of nitrogens with zero attached hydrogens (tertiary/aromatic N) is 3. The number of aryl methyl sites for hydroxylation is 1. The van der Waals surface area contributed by atoms with Crippen molar-refractivity contribution < 1.29 is 0 Å². The van der Waals surface area contributed by atoms with Crippen molar-refractivity contribution in [2.75, 3.05) is 0 Å². The molecule has 132 valence electrons. The van der Waals surface area contributed by atoms with Crippen molar-refractivity contribution in [2.24, 2.45) is 0 Å². The highest BCUT2D eigenvalue weighted by Crippen LogP contribution is 2.25. The van der Waals surface area contributed by atoms with Crippen molar-refractivity contribution in [3.8, 4) is 6.07 Å². The van der Waals surface area contributed by atoms with Crippen LogP contribution in [0.25, 0.3) is 0 Å². The van der Waals surface area contributed by atoms with Crippen LogP contribution in [0.2, 0.25) is 0 Å². The smallest absolute Gasteiger partial charge is 0.0951 e. The first-order valence-corrected chi connectivity index (χ1v) is 9.32. The summed E-state index contributed by atoms with van der Waals surface area (Å²) in [6, 6.07) is 21.8. The highest BCUT2D eigenvalue weighted by molar-refractivity contribution is 5.30. The van der Waals surface area contributed by atoms with Crippen LogP contribution in [0.1, 0.15) is 54.8 Å². The van der Waals surface area contributed by atoms with Gasteiger partial charge in [0.25, 0.3) is 0 Å². The summed E-state index contributed by atoms with van der Waals surface area (Å²) in [7, 11) is 0. The third kappa shape index (κ3) is 4.40. The van der Waals surface area contributed by atoms with Crippen molar-refractivity contribution >= 4 is 0 Å². The average Bonchev–Trinajstić information content (AvgIpc) is 3.22. The van der Waals surface area contributed by atoms with E-state index in [1.807, 2.05) is 18.7 Å². The Hall–Kier alpha value is -2.86. The van der Waals surface area contributed by atoms with Gasteiger partial charge in [-0.2, -0.15) is 5.26 Å². The molecule has 3 aromatic rings. The van der Waals surface area contributed by atoms with Crippen LogP contribution in [0.15, 0.2) is 73.3 Å². The molecule has 3 nitrogen and oxygen atoms in total. The monoisotopic (exact) mass is 343 g/mol. The predicted molar refractivity (Wildman–Crippen MR) is 105 cm³/mol. The third-order valence-corrected chi connectivity index (χ3v) is 4.93. The highest BCUT2D eigenvalue weighted by Gasteiger charge is 2.13. The SMILES string of the molecule is CCC(C#N)c1cccc(CCCC(c2ccccc2)n2ccnc2)c1. The zero-order valence-electron chi connectivity index (χ0n) is 15.3. The molecule has 2 aromatic carbocycles. The molecule has 3 rings (SSSR count). The van der Waals surface area contributed by atoms with Crippen LogP contribution in [0, 0.1) is 11.3 Å². The Balaban J connectivity index is 1.68. The van der Waals surface area contributed by atoms with E-state index in [1.165, 1.54) is 11.1 Å². The van der Waals surface area contributed by atoms with E-state index in [0.29, 0.717) is 6.04 Å². The molecule has 1 aromatic heterocycles. The molecule has 0 bridgehead atoms. The minimum Gasteiger partial charge on any atom is -0.330 e. The third-order valence-electron chi connectivity index (χ3n) is 4.93. The molecule has 0 spiro atoms. The van der Waals surface area contributed by atoms with Gasteiger partial charge in [-0.25, -0.2) is 4.98 Å². The zero-order valence-corrected chi connectivity index (χ0v) is 15.3. The van der Waals surface area contributed by atoms with Crippen LogP contribution < -0.4 is 0 Å². The summed E-state index contributed by atoms with van der Waals surface area (Å²) in [6.07, 6.45) is 9.80. The fraction of sp³-hybridized carbons (Fsp3) is 0.304. The number of rotatable bonds is 8. The molecule has 0 radical (unpaired) electrons. The molecular formula is C23H25N3. The number of aromatic nitrogens is 2. The zero-order chi connectivity index (χ0) is 18.2. The van der Waals surface area contributed by atoms with Gasteiger partial charge in [-0.1, -0.05) is 61.5 Å². The topological polar surface area (TPSA) is 41.6 Å². The van der Waals surface area contributed by atoms with E-state index in [2.05, 4.69) is 77.1 Å². The minimum absolute atomic E-state index is 0.00188. The van der Waals surface area contributed by atoms with Gasteiger partial charge in [-0.15, -0.1) is 0 Å². The molecule has 0 aliphatic heterocycles. The van der Waals surface area contributed by atoms with Crippen molar-refractivity contribution in [1.29, 1.82) is 5.26 Å². The molecule has 0 N–H and O–H groups in total. The van der Waals surface area contributed by atoms with Gasteiger partial charge < -0.3 is 4.57 Å². The van der Waals surface area contributed by atoms with Gasteiger partial charge in [0.05, 0.1) is 24.4 Å². The quantitative estimate of drug-likeness (QED) is 0.541. The van der Waals surface area contributed by atoms with E-state index in [-0.39, 0.29) is 5.92 Å². The van der Waals surface area contributed by atoms with Crippen LogP contribution in [-0.2, 0) is 6.42 Å². The van der Waals surface area contributed by atoms with E-state index in [4.69, 9.17) is 0 Å². The lowest BCUT2D eigenvalue weighted by Gasteiger charge is -2.19. The summed E-state index contributed by atoms with van der Waals surface area (Å²) in [5, 5.41) is 9.29. The maximum atomic E-state index is 9.29. The Morgan fingerprint density at radius 3 is 2.58 bits per heavy atom. The maximum Gasteiger partial charge on any atom is 0.0951 e. The number of imidazole rings is 1. The summed E-state index contributed by atoms with van der Waals surface area (Å²) in [5.74, 6) is -0.00188. The highest BCUT2D eigenvalue weighted by atomic mass is 15.0. The van der Waals surface area contributed by atoms with Gasteiger partial charge in [0.1, 0.15) is 0 Å². The molecule has 3 heteroatoms. The van der Waals surface area contributed by atoms with Gasteiger partial charge in [0.2, 0.25) is 0 Å².